The van der Waals surface area contributed by atoms with E-state index in [4.69, 9.17) is 9.47 Å². The van der Waals surface area contributed by atoms with Crippen molar-refractivity contribution in [1.29, 1.82) is 0 Å². The SMILES string of the molecule is CCCc1ccc(C2(C(=O)OC)COC2)cc1. The van der Waals surface area contributed by atoms with Crippen LogP contribution in [-0.2, 0) is 26.1 Å². The lowest BCUT2D eigenvalue weighted by atomic mass is 9.78. The molecule has 0 radical (unpaired) electrons. The summed E-state index contributed by atoms with van der Waals surface area (Å²) in [4.78, 5) is 11.8. The van der Waals surface area contributed by atoms with Crippen LogP contribution in [0, 0.1) is 0 Å². The van der Waals surface area contributed by atoms with Crippen LogP contribution in [0.5, 0.6) is 0 Å². The number of hydrogen-bond donors (Lipinski definition) is 0. The maximum absolute atomic E-state index is 11.8. The third-order valence-corrected chi connectivity index (χ3v) is 3.32. The predicted octanol–water partition coefficient (Wildman–Crippen LogP) is 2.08. The Hall–Kier alpha value is -1.35. The van der Waals surface area contributed by atoms with Gasteiger partial charge >= 0.3 is 5.97 Å². The molecule has 3 heteroatoms. The van der Waals surface area contributed by atoms with Crippen molar-refractivity contribution in [1.82, 2.24) is 0 Å². The lowest BCUT2D eigenvalue weighted by Gasteiger charge is -2.38. The van der Waals surface area contributed by atoms with E-state index in [1.165, 1.54) is 12.7 Å². The van der Waals surface area contributed by atoms with Crippen molar-refractivity contribution in [2.24, 2.45) is 0 Å². The highest BCUT2D eigenvalue weighted by molar-refractivity contribution is 5.84. The van der Waals surface area contributed by atoms with E-state index in [1.807, 2.05) is 12.1 Å². The summed E-state index contributed by atoms with van der Waals surface area (Å²) in [5.41, 5.74) is 1.73. The van der Waals surface area contributed by atoms with Gasteiger partial charge in [-0.15, -0.1) is 0 Å². The third-order valence-electron chi connectivity index (χ3n) is 3.32. The van der Waals surface area contributed by atoms with Crippen molar-refractivity contribution in [3.05, 3.63) is 35.4 Å². The highest BCUT2D eigenvalue weighted by atomic mass is 16.5. The Morgan fingerprint density at radius 3 is 2.41 bits per heavy atom. The van der Waals surface area contributed by atoms with Crippen LogP contribution >= 0.6 is 0 Å². The molecule has 1 aromatic rings. The number of aryl methyl sites for hydroxylation is 1. The molecular weight excluding hydrogens is 216 g/mol. The van der Waals surface area contributed by atoms with E-state index in [9.17, 15) is 4.79 Å². The van der Waals surface area contributed by atoms with Gasteiger partial charge in [0.05, 0.1) is 20.3 Å². The van der Waals surface area contributed by atoms with Gasteiger partial charge in [0, 0.05) is 0 Å². The van der Waals surface area contributed by atoms with Crippen molar-refractivity contribution < 1.29 is 14.3 Å². The molecule has 0 spiro atoms. The number of carbonyl (C=O) groups excluding carboxylic acids is 1. The van der Waals surface area contributed by atoms with Gasteiger partial charge in [-0.2, -0.15) is 0 Å². The summed E-state index contributed by atoms with van der Waals surface area (Å²) in [7, 11) is 1.42. The topological polar surface area (TPSA) is 35.5 Å². The molecule has 3 nitrogen and oxygen atoms in total. The van der Waals surface area contributed by atoms with Crippen LogP contribution in [-0.4, -0.2) is 26.3 Å². The molecular formula is C14H18O3. The van der Waals surface area contributed by atoms with Crippen molar-refractivity contribution >= 4 is 5.97 Å². The smallest absolute Gasteiger partial charge is 0.321 e. The summed E-state index contributed by atoms with van der Waals surface area (Å²) in [6.45, 7) is 3.00. The van der Waals surface area contributed by atoms with E-state index < -0.39 is 5.41 Å². The van der Waals surface area contributed by atoms with Crippen molar-refractivity contribution in [2.75, 3.05) is 20.3 Å². The molecule has 0 aromatic heterocycles. The van der Waals surface area contributed by atoms with Gasteiger partial charge in [0.1, 0.15) is 5.41 Å². The van der Waals surface area contributed by atoms with E-state index in [0.717, 1.165) is 18.4 Å². The average Bonchev–Trinajstić information content (AvgIpc) is 2.30. The minimum absolute atomic E-state index is 0.202. The predicted molar refractivity (Wildman–Crippen MR) is 65.0 cm³/mol. The molecule has 0 atom stereocenters. The third kappa shape index (κ3) is 2.07. The fraction of sp³-hybridized carbons (Fsp3) is 0.500. The Balaban J connectivity index is 2.23. The zero-order valence-electron chi connectivity index (χ0n) is 10.4. The molecule has 1 aromatic carbocycles. The standard InChI is InChI=1S/C14H18O3/c1-3-4-11-5-7-12(8-6-11)14(9-17-10-14)13(15)16-2/h5-8H,3-4,9-10H2,1-2H3. The van der Waals surface area contributed by atoms with Crippen LogP contribution in [0.25, 0.3) is 0 Å². The molecule has 1 saturated heterocycles. The first kappa shape index (κ1) is 12.1. The minimum atomic E-state index is -0.570. The van der Waals surface area contributed by atoms with E-state index in [0.29, 0.717) is 13.2 Å². The van der Waals surface area contributed by atoms with Crippen LogP contribution in [0.3, 0.4) is 0 Å². The van der Waals surface area contributed by atoms with Crippen LogP contribution in [0.2, 0.25) is 0 Å². The summed E-state index contributed by atoms with van der Waals surface area (Å²) in [6.07, 6.45) is 2.20. The van der Waals surface area contributed by atoms with E-state index in [2.05, 4.69) is 19.1 Å². The summed E-state index contributed by atoms with van der Waals surface area (Å²) in [6, 6.07) is 8.21. The fourth-order valence-corrected chi connectivity index (χ4v) is 2.18. The Kier molecular flexibility index (Phi) is 3.48. The van der Waals surface area contributed by atoms with Gasteiger partial charge in [-0.3, -0.25) is 4.79 Å². The molecule has 2 rings (SSSR count). The first-order chi connectivity index (χ1) is 8.23. The first-order valence-corrected chi connectivity index (χ1v) is 5.98. The molecule has 0 saturated carbocycles. The monoisotopic (exact) mass is 234 g/mol. The van der Waals surface area contributed by atoms with E-state index in [-0.39, 0.29) is 5.97 Å². The first-order valence-electron chi connectivity index (χ1n) is 5.98. The second-order valence-corrected chi connectivity index (χ2v) is 4.51. The van der Waals surface area contributed by atoms with Gasteiger partial charge in [-0.05, 0) is 17.5 Å². The highest BCUT2D eigenvalue weighted by Gasteiger charge is 2.48. The minimum Gasteiger partial charge on any atom is -0.468 e. The van der Waals surface area contributed by atoms with Crippen molar-refractivity contribution in [3.8, 4) is 0 Å². The Morgan fingerprint density at radius 2 is 2.00 bits per heavy atom. The van der Waals surface area contributed by atoms with Gasteiger partial charge in [0.25, 0.3) is 0 Å². The molecule has 0 aliphatic carbocycles. The molecule has 0 N–H and O–H groups in total. The summed E-state index contributed by atoms with van der Waals surface area (Å²) < 4.78 is 10.1. The molecule has 1 fully saturated rings. The lowest BCUT2D eigenvalue weighted by Crippen LogP contribution is -2.53. The molecule has 1 heterocycles. The number of benzene rings is 1. The normalized spacial score (nSPS) is 17.3. The molecule has 92 valence electrons. The number of ether oxygens (including phenoxy) is 2. The molecule has 0 unspecified atom stereocenters. The highest BCUT2D eigenvalue weighted by Crippen LogP contribution is 2.33. The van der Waals surface area contributed by atoms with Crippen LogP contribution in [0.15, 0.2) is 24.3 Å². The van der Waals surface area contributed by atoms with Crippen LogP contribution < -0.4 is 0 Å². The maximum atomic E-state index is 11.8. The van der Waals surface area contributed by atoms with Gasteiger partial charge in [-0.1, -0.05) is 37.6 Å². The summed E-state index contributed by atoms with van der Waals surface area (Å²) in [5.74, 6) is -0.202. The van der Waals surface area contributed by atoms with Crippen molar-refractivity contribution in [2.45, 2.75) is 25.2 Å². The largest absolute Gasteiger partial charge is 0.468 e. The lowest BCUT2D eigenvalue weighted by molar-refractivity contribution is -0.166. The van der Waals surface area contributed by atoms with Gasteiger partial charge in [0.2, 0.25) is 0 Å². The number of hydrogen-bond acceptors (Lipinski definition) is 3. The molecule has 0 bridgehead atoms. The molecule has 0 amide bonds. The summed E-state index contributed by atoms with van der Waals surface area (Å²) >= 11 is 0. The Labute approximate surface area is 102 Å². The zero-order chi connectivity index (χ0) is 12.3. The maximum Gasteiger partial charge on any atom is 0.321 e. The second kappa shape index (κ2) is 4.88. The quantitative estimate of drug-likeness (QED) is 0.748. The van der Waals surface area contributed by atoms with Gasteiger partial charge in [-0.25, -0.2) is 0 Å². The number of methoxy groups -OCH3 is 1. The Morgan fingerprint density at radius 1 is 1.35 bits per heavy atom. The van der Waals surface area contributed by atoms with E-state index >= 15 is 0 Å². The van der Waals surface area contributed by atoms with Gasteiger partial charge < -0.3 is 9.47 Å². The number of esters is 1. The van der Waals surface area contributed by atoms with E-state index in [1.54, 1.807) is 0 Å². The number of rotatable bonds is 4. The average molecular weight is 234 g/mol. The molecule has 1 aliphatic heterocycles. The fourth-order valence-electron chi connectivity index (χ4n) is 2.18. The van der Waals surface area contributed by atoms with Crippen LogP contribution in [0.1, 0.15) is 24.5 Å². The second-order valence-electron chi connectivity index (χ2n) is 4.51. The molecule has 1 aliphatic rings. The Bertz CT molecular complexity index is 390. The zero-order valence-corrected chi connectivity index (χ0v) is 10.4. The number of carbonyl (C=O) groups is 1. The molecule has 17 heavy (non-hydrogen) atoms. The summed E-state index contributed by atoms with van der Waals surface area (Å²) in [5, 5.41) is 0. The van der Waals surface area contributed by atoms with Crippen LogP contribution in [0.4, 0.5) is 0 Å². The van der Waals surface area contributed by atoms with Crippen molar-refractivity contribution in [3.63, 3.8) is 0 Å². The van der Waals surface area contributed by atoms with Gasteiger partial charge in [0.15, 0.2) is 0 Å².